The molecule has 7 nitrogen and oxygen atoms in total. The zero-order valence-corrected chi connectivity index (χ0v) is 18.6. The van der Waals surface area contributed by atoms with Gasteiger partial charge in [-0.05, 0) is 74.4 Å². The summed E-state index contributed by atoms with van der Waals surface area (Å²) in [5.41, 5.74) is 15.1. The fraction of sp³-hybridized carbons (Fsp3) is 0.391. The van der Waals surface area contributed by atoms with E-state index in [0.717, 1.165) is 42.6 Å². The first kappa shape index (κ1) is 28.1. The molecule has 2 aromatic carbocycles. The van der Waals surface area contributed by atoms with Crippen LogP contribution >= 0.6 is 0 Å². The van der Waals surface area contributed by atoms with E-state index in [1.54, 1.807) is 0 Å². The molecule has 0 fully saturated rings. The second-order valence-electron chi connectivity index (χ2n) is 7.34. The van der Waals surface area contributed by atoms with Gasteiger partial charge < -0.3 is 26.8 Å². The lowest BCUT2D eigenvalue weighted by atomic mass is 10.0. The average molecular weight is 469 g/mol. The normalized spacial score (nSPS) is 11.0. The van der Waals surface area contributed by atoms with Crippen molar-refractivity contribution < 1.29 is 27.9 Å². The third-order valence-electron chi connectivity index (χ3n) is 4.61. The standard InChI is InChI=1S/C21H30N4O.C2HF3O2/c1-25(12-4-10-22)13-5-11-24-21(26)20-9-3-8-19(15-20)18-7-2-6-17(14-18)16-23;3-2(4,5)1(6)7/h2-3,6-9,14-15H,4-5,10-13,16,22-23H2,1H3,(H,24,26);(H,6,7). The van der Waals surface area contributed by atoms with Crippen LogP contribution in [0.4, 0.5) is 13.2 Å². The van der Waals surface area contributed by atoms with E-state index in [-0.39, 0.29) is 5.91 Å². The maximum Gasteiger partial charge on any atom is 0.490 e. The average Bonchev–Trinajstić information content (AvgIpc) is 2.80. The number of carboxylic acid groups (broad SMARTS) is 1. The third kappa shape index (κ3) is 11.0. The number of benzene rings is 2. The van der Waals surface area contributed by atoms with Gasteiger partial charge in [-0.2, -0.15) is 13.2 Å². The van der Waals surface area contributed by atoms with Gasteiger partial charge in [-0.3, -0.25) is 4.79 Å². The molecule has 0 radical (unpaired) electrons. The number of alkyl halides is 3. The van der Waals surface area contributed by atoms with Crippen LogP contribution in [0.15, 0.2) is 48.5 Å². The summed E-state index contributed by atoms with van der Waals surface area (Å²) in [6.45, 7) is 3.83. The van der Waals surface area contributed by atoms with E-state index in [1.807, 2.05) is 42.5 Å². The van der Waals surface area contributed by atoms with E-state index >= 15 is 0 Å². The van der Waals surface area contributed by atoms with Gasteiger partial charge in [-0.1, -0.05) is 30.3 Å². The molecular formula is C23H31F3N4O3. The SMILES string of the molecule is CN(CCCN)CCCNC(=O)c1cccc(-c2cccc(CN)c2)c1.O=C(O)C(F)(F)F. The van der Waals surface area contributed by atoms with Gasteiger partial charge in [0.15, 0.2) is 0 Å². The maximum atomic E-state index is 12.4. The summed E-state index contributed by atoms with van der Waals surface area (Å²) in [6, 6.07) is 15.8. The maximum absolute atomic E-state index is 12.4. The van der Waals surface area contributed by atoms with Crippen molar-refractivity contribution in [1.82, 2.24) is 10.2 Å². The number of carbonyl (C=O) groups excluding carboxylic acids is 1. The molecule has 33 heavy (non-hydrogen) atoms. The summed E-state index contributed by atoms with van der Waals surface area (Å²) in [4.78, 5) is 23.5. The van der Waals surface area contributed by atoms with Crippen LogP contribution in [-0.4, -0.2) is 61.3 Å². The third-order valence-corrected chi connectivity index (χ3v) is 4.61. The van der Waals surface area contributed by atoms with Gasteiger partial charge in [0.05, 0.1) is 0 Å². The molecule has 0 aliphatic heterocycles. The minimum absolute atomic E-state index is 0.0357. The van der Waals surface area contributed by atoms with Gasteiger partial charge in [0.25, 0.3) is 5.91 Å². The molecule has 0 saturated carbocycles. The van der Waals surface area contributed by atoms with Gasteiger partial charge in [0.2, 0.25) is 0 Å². The van der Waals surface area contributed by atoms with Crippen molar-refractivity contribution in [2.75, 3.05) is 33.2 Å². The largest absolute Gasteiger partial charge is 0.490 e. The number of nitrogens with zero attached hydrogens (tertiary/aromatic N) is 1. The summed E-state index contributed by atoms with van der Waals surface area (Å²) < 4.78 is 31.7. The minimum Gasteiger partial charge on any atom is -0.475 e. The van der Waals surface area contributed by atoms with E-state index < -0.39 is 12.1 Å². The molecule has 2 aromatic rings. The summed E-state index contributed by atoms with van der Waals surface area (Å²) in [5, 5.41) is 10.1. The van der Waals surface area contributed by atoms with Crippen LogP contribution < -0.4 is 16.8 Å². The molecule has 10 heteroatoms. The Morgan fingerprint density at radius 2 is 1.58 bits per heavy atom. The van der Waals surface area contributed by atoms with Crippen molar-refractivity contribution in [3.05, 3.63) is 59.7 Å². The van der Waals surface area contributed by atoms with Crippen molar-refractivity contribution >= 4 is 11.9 Å². The van der Waals surface area contributed by atoms with Crippen LogP contribution in [0, 0.1) is 0 Å². The van der Waals surface area contributed by atoms with Gasteiger partial charge >= 0.3 is 12.1 Å². The molecule has 0 heterocycles. The van der Waals surface area contributed by atoms with Gasteiger partial charge in [-0.25, -0.2) is 4.79 Å². The van der Waals surface area contributed by atoms with Crippen molar-refractivity contribution in [1.29, 1.82) is 0 Å². The van der Waals surface area contributed by atoms with Crippen LogP contribution in [0.3, 0.4) is 0 Å². The van der Waals surface area contributed by atoms with Crippen LogP contribution in [0.25, 0.3) is 11.1 Å². The molecule has 0 aliphatic rings. The smallest absolute Gasteiger partial charge is 0.475 e. The monoisotopic (exact) mass is 468 g/mol. The summed E-state index contributed by atoms with van der Waals surface area (Å²) in [6.07, 6.45) is -3.16. The Labute approximate surface area is 191 Å². The Morgan fingerprint density at radius 3 is 2.15 bits per heavy atom. The van der Waals surface area contributed by atoms with Gasteiger partial charge in [0, 0.05) is 18.7 Å². The number of halogens is 3. The molecule has 182 valence electrons. The lowest BCUT2D eigenvalue weighted by Crippen LogP contribution is -2.29. The molecule has 0 spiro atoms. The molecule has 0 atom stereocenters. The predicted octanol–water partition coefficient (Wildman–Crippen LogP) is 2.85. The summed E-state index contributed by atoms with van der Waals surface area (Å²) in [7, 11) is 2.08. The number of hydrogen-bond donors (Lipinski definition) is 4. The zero-order chi connectivity index (χ0) is 24.9. The zero-order valence-electron chi connectivity index (χ0n) is 18.6. The van der Waals surface area contributed by atoms with Gasteiger partial charge in [-0.15, -0.1) is 0 Å². The fourth-order valence-electron chi connectivity index (χ4n) is 2.84. The van der Waals surface area contributed by atoms with E-state index in [0.29, 0.717) is 25.2 Å². The van der Waals surface area contributed by atoms with E-state index in [2.05, 4.69) is 23.3 Å². The van der Waals surface area contributed by atoms with Crippen LogP contribution in [-0.2, 0) is 11.3 Å². The van der Waals surface area contributed by atoms with E-state index in [1.165, 1.54) is 0 Å². The Bertz CT molecular complexity index is 891. The second kappa shape index (κ2) is 14.2. The Morgan fingerprint density at radius 1 is 1.00 bits per heavy atom. The highest BCUT2D eigenvalue weighted by Gasteiger charge is 2.38. The molecule has 6 N–H and O–H groups in total. The Kier molecular flexibility index (Phi) is 12.1. The number of carboxylic acids is 1. The van der Waals surface area contributed by atoms with E-state index in [9.17, 15) is 18.0 Å². The number of nitrogens with one attached hydrogen (secondary N) is 1. The van der Waals surface area contributed by atoms with Crippen molar-refractivity contribution in [2.24, 2.45) is 11.5 Å². The first-order valence-electron chi connectivity index (χ1n) is 10.4. The van der Waals surface area contributed by atoms with Crippen LogP contribution in [0.2, 0.25) is 0 Å². The van der Waals surface area contributed by atoms with Crippen molar-refractivity contribution in [3.63, 3.8) is 0 Å². The Hall–Kier alpha value is -2.95. The molecular weight excluding hydrogens is 437 g/mol. The van der Waals surface area contributed by atoms with Crippen LogP contribution in [0.1, 0.15) is 28.8 Å². The lowest BCUT2D eigenvalue weighted by molar-refractivity contribution is -0.192. The van der Waals surface area contributed by atoms with Crippen LogP contribution in [0.5, 0.6) is 0 Å². The molecule has 1 amide bonds. The highest BCUT2D eigenvalue weighted by molar-refractivity contribution is 5.95. The predicted molar refractivity (Wildman–Crippen MR) is 122 cm³/mol. The molecule has 0 aliphatic carbocycles. The molecule has 2 rings (SSSR count). The van der Waals surface area contributed by atoms with Crippen molar-refractivity contribution in [2.45, 2.75) is 25.6 Å². The highest BCUT2D eigenvalue weighted by atomic mass is 19.4. The number of aliphatic carboxylic acids is 1. The highest BCUT2D eigenvalue weighted by Crippen LogP contribution is 2.21. The quantitative estimate of drug-likeness (QED) is 0.398. The molecule has 0 aromatic heterocycles. The first-order chi connectivity index (χ1) is 15.6. The molecule has 0 bridgehead atoms. The topological polar surface area (TPSA) is 122 Å². The Balaban J connectivity index is 0.000000675. The van der Waals surface area contributed by atoms with Crippen molar-refractivity contribution in [3.8, 4) is 11.1 Å². The minimum atomic E-state index is -5.08. The number of rotatable bonds is 10. The molecule has 0 unspecified atom stereocenters. The second-order valence-corrected chi connectivity index (χ2v) is 7.34. The number of nitrogens with two attached hydrogens (primary N) is 2. The molecule has 0 saturated heterocycles. The summed E-state index contributed by atoms with van der Waals surface area (Å²) in [5.74, 6) is -2.79. The van der Waals surface area contributed by atoms with Gasteiger partial charge in [0.1, 0.15) is 0 Å². The lowest BCUT2D eigenvalue weighted by Gasteiger charge is -2.16. The number of amides is 1. The first-order valence-corrected chi connectivity index (χ1v) is 10.4. The van der Waals surface area contributed by atoms with E-state index in [4.69, 9.17) is 21.4 Å². The number of carbonyl (C=O) groups is 2. The summed E-state index contributed by atoms with van der Waals surface area (Å²) >= 11 is 0. The fourth-order valence-corrected chi connectivity index (χ4v) is 2.84. The number of hydrogen-bond acceptors (Lipinski definition) is 5.